The van der Waals surface area contributed by atoms with Crippen LogP contribution in [0, 0.1) is 43.9 Å². The Morgan fingerprint density at radius 2 is 0.756 bits per heavy atom. The summed E-state index contributed by atoms with van der Waals surface area (Å²) in [7, 11) is 0. The lowest BCUT2D eigenvalue weighted by Crippen LogP contribution is -2.48. The van der Waals surface area contributed by atoms with Crippen LogP contribution >= 0.6 is 118 Å². The molecule has 3 saturated carbocycles. The van der Waals surface area contributed by atoms with Crippen LogP contribution in [-0.4, -0.2) is 192 Å². The number of aromatic nitrogens is 15. The first-order valence-electron chi connectivity index (χ1n) is 42.3. The summed E-state index contributed by atoms with van der Waals surface area (Å²) < 4.78 is 16.6. The maximum Gasteiger partial charge on any atom is 0.164 e. The second-order valence-electron chi connectivity index (χ2n) is 35.4. The number of halogens is 6. The Balaban J connectivity index is 0.000000107. The molecule has 656 valence electrons. The SMILES string of the molecule is Cc1ncnc2c1ccn2C1CC2(CCC(c3ccccc3)NC2)C(O)C1O.Cc1ncnc2c1ccn2C1CC2(CSC(c3ccc4cc(Br)c(Cl)nc4c3)C2)C(O)C1O.Cc1ncnc2c1ccn2C1CC2(CSC(c3ccc4cc(Br)c(Cl)nc4c3)C2)C(O)C1O.Cc1ncnc2c1ccn2C1OC2(CSC(c3ccc4cc(Br)c(Cl)nc4c3)C2)C(O)C1O. The number of fused-ring (bicyclic) bond motifs is 7. The highest BCUT2D eigenvalue weighted by Crippen LogP contribution is 2.63. The average molecular weight is 2020 g/mol. The van der Waals surface area contributed by atoms with E-state index in [-0.39, 0.29) is 50.1 Å². The molecule has 11 aromatic heterocycles. The van der Waals surface area contributed by atoms with E-state index in [0.29, 0.717) is 58.7 Å². The van der Waals surface area contributed by atoms with Gasteiger partial charge in [0.15, 0.2) is 6.23 Å². The van der Waals surface area contributed by atoms with Gasteiger partial charge < -0.3 is 69.2 Å². The molecule has 15 aromatic rings. The molecule has 4 aromatic carbocycles. The van der Waals surface area contributed by atoms with Crippen LogP contribution in [0.5, 0.6) is 0 Å². The topological polar surface area (TPSA) is 345 Å². The summed E-state index contributed by atoms with van der Waals surface area (Å²) in [5.74, 6) is 2.17. The van der Waals surface area contributed by atoms with E-state index in [1.54, 1.807) is 35.3 Å². The summed E-state index contributed by atoms with van der Waals surface area (Å²) in [6.07, 6.45) is 12.5. The van der Waals surface area contributed by atoms with Crippen molar-refractivity contribution in [2.75, 3.05) is 23.8 Å². The lowest BCUT2D eigenvalue weighted by molar-refractivity contribution is -0.0885. The van der Waals surface area contributed by atoms with Crippen LogP contribution in [0.4, 0.5) is 0 Å². The van der Waals surface area contributed by atoms with Crippen molar-refractivity contribution >= 4 is 195 Å². The van der Waals surface area contributed by atoms with Crippen molar-refractivity contribution in [1.29, 1.82) is 0 Å². The predicted molar refractivity (Wildman–Crippen MR) is 507 cm³/mol. The fraction of sp³-hybridized carbons (Fsp3) is 0.387. The van der Waals surface area contributed by atoms with Gasteiger partial charge in [-0.1, -0.05) is 102 Å². The largest absolute Gasteiger partial charge is 0.390 e. The standard InChI is InChI=1S/2C24H22BrClN4O2S.C23H20BrClN4O3S.C22H26N4O2/c2*1-12-15-4-5-30(23(15)28-11-27-12)18-8-24(21(32)20(18)31)9-19(33-10-24)14-3-2-13-6-16(25)22(26)29-17(13)7-14;1-11-14-4-5-29(21(14)27-10-26-11)22-18(30)19(31)23(32-22)8-17(33-9-23)13-3-2-12-6-15(24)20(25)28-16(12)7-13;1-14-16-8-10-26(21(16)25-13-24-14)18-11-22(20(28)19(18)27)9-7-17(23-12-22)15-5-3-2-4-6-15/h2*2-7,11,18-21,31-32H,8-10H2,1H3;2-7,10,17-19,22,30-31H,8-9H2,1H3;2-6,8,10,13,17-20,23,27-28H,7,9,11-12H2,1H3. The van der Waals surface area contributed by atoms with Crippen molar-refractivity contribution in [2.45, 2.75) is 180 Å². The molecule has 0 bridgehead atoms. The van der Waals surface area contributed by atoms with E-state index in [1.807, 2.05) is 150 Å². The number of pyridine rings is 3. The maximum atomic E-state index is 11.2. The first kappa shape index (κ1) is 87.5. The molecule has 34 heteroatoms. The third-order valence-corrected chi connectivity index (χ3v) is 36.2. The van der Waals surface area contributed by atoms with E-state index in [1.165, 1.54) is 23.0 Å². The predicted octanol–water partition coefficient (Wildman–Crippen LogP) is 17.6. The molecule has 9 N–H and O–H groups in total. The Bertz CT molecular complexity index is 6260. The van der Waals surface area contributed by atoms with E-state index >= 15 is 0 Å². The molecule has 5 aliphatic heterocycles. The molecule has 20 atom stereocenters. The van der Waals surface area contributed by atoms with Gasteiger partial charge in [0.25, 0.3) is 0 Å². The minimum atomic E-state index is -1.07. The minimum absolute atomic E-state index is 0.102. The van der Waals surface area contributed by atoms with Gasteiger partial charge in [-0.15, -0.1) is 0 Å². The van der Waals surface area contributed by atoms with Crippen molar-refractivity contribution in [2.24, 2.45) is 16.2 Å². The molecule has 4 spiro atoms. The van der Waals surface area contributed by atoms with E-state index in [4.69, 9.17) is 39.5 Å². The molecule has 3 aliphatic carbocycles. The van der Waals surface area contributed by atoms with Gasteiger partial charge in [0.05, 0.1) is 89.2 Å². The molecule has 8 fully saturated rings. The summed E-state index contributed by atoms with van der Waals surface area (Å²) in [6, 6.07) is 42.7. The van der Waals surface area contributed by atoms with Crippen LogP contribution in [0.15, 0.2) is 191 Å². The summed E-state index contributed by atoms with van der Waals surface area (Å²) in [4.78, 5) is 48.3. The number of thioether (sulfide) groups is 3. The average Bonchev–Trinajstić information content (AvgIpc) is 1.59. The van der Waals surface area contributed by atoms with Crippen LogP contribution in [0.3, 0.4) is 0 Å². The highest BCUT2D eigenvalue weighted by molar-refractivity contribution is 9.11. The fourth-order valence-electron chi connectivity index (χ4n) is 21.1. The molecule has 8 aliphatic rings. The van der Waals surface area contributed by atoms with E-state index in [2.05, 4.69) is 175 Å². The van der Waals surface area contributed by atoms with Crippen LogP contribution < -0.4 is 5.32 Å². The number of hydrogen-bond acceptors (Lipinski definition) is 24. The summed E-state index contributed by atoms with van der Waals surface area (Å²) in [5.41, 5.74) is 12.1. The number of aryl methyl sites for hydroxylation is 4. The summed E-state index contributed by atoms with van der Waals surface area (Å²) >= 11 is 34.3. The molecule has 23 rings (SSSR count). The van der Waals surface area contributed by atoms with Gasteiger partial charge in [0, 0.05) is 124 Å². The molecular weight excluding hydrogens is 1930 g/mol. The van der Waals surface area contributed by atoms with Gasteiger partial charge in [-0.3, -0.25) is 0 Å². The van der Waals surface area contributed by atoms with Crippen molar-refractivity contribution in [3.63, 3.8) is 0 Å². The lowest BCUT2D eigenvalue weighted by Gasteiger charge is -2.40. The highest BCUT2D eigenvalue weighted by atomic mass is 79.9. The number of aliphatic hydroxyl groups is 8. The smallest absolute Gasteiger partial charge is 0.164 e. The minimum Gasteiger partial charge on any atom is -0.390 e. The Morgan fingerprint density at radius 1 is 0.394 bits per heavy atom. The Morgan fingerprint density at radius 3 is 1.15 bits per heavy atom. The van der Waals surface area contributed by atoms with Crippen molar-refractivity contribution in [1.82, 2.24) is 78.4 Å². The highest BCUT2D eigenvalue weighted by Gasteiger charge is 2.61. The van der Waals surface area contributed by atoms with E-state index in [0.717, 1.165) is 157 Å². The van der Waals surface area contributed by atoms with Crippen LogP contribution in [-0.2, 0) is 4.74 Å². The quantitative estimate of drug-likeness (QED) is 0.0638. The zero-order chi connectivity index (χ0) is 88.0. The zero-order valence-electron chi connectivity index (χ0n) is 69.2. The second kappa shape index (κ2) is 34.6. The number of rotatable bonds is 8. The fourth-order valence-corrected chi connectivity index (χ4v) is 27.6. The third kappa shape index (κ3) is 15.7. The number of aliphatic hydroxyl groups excluding tert-OH is 8. The number of nitrogens with zero attached hydrogens (tertiary/aromatic N) is 15. The number of nitrogens with one attached hydrogen (secondary N) is 1. The molecule has 20 unspecified atom stereocenters. The molecule has 127 heavy (non-hydrogen) atoms. The normalized spacial score (nSPS) is 30.3. The first-order chi connectivity index (χ1) is 61.2. The lowest BCUT2D eigenvalue weighted by atomic mass is 9.74. The number of ether oxygens (including phenoxy) is 1. The third-order valence-electron chi connectivity index (χ3n) is 28.2. The molecule has 25 nitrogen and oxygen atoms in total. The summed E-state index contributed by atoms with van der Waals surface area (Å²) in [5, 5.41) is 101. The molecule has 16 heterocycles. The van der Waals surface area contributed by atoms with Gasteiger partial charge in [-0.05, 0) is 210 Å². The molecule has 0 amide bonds. The van der Waals surface area contributed by atoms with Gasteiger partial charge in [0.2, 0.25) is 0 Å². The van der Waals surface area contributed by atoms with Crippen LogP contribution in [0.25, 0.3) is 76.8 Å². The van der Waals surface area contributed by atoms with Crippen molar-refractivity contribution < 1.29 is 45.6 Å². The van der Waals surface area contributed by atoms with Crippen molar-refractivity contribution in [3.8, 4) is 0 Å². The van der Waals surface area contributed by atoms with Crippen LogP contribution in [0.1, 0.15) is 143 Å². The molecule has 5 saturated heterocycles. The van der Waals surface area contributed by atoms with Crippen LogP contribution in [0.2, 0.25) is 15.5 Å². The summed E-state index contributed by atoms with van der Waals surface area (Å²) in [6.45, 7) is 8.49. The second-order valence-corrected chi connectivity index (χ2v) is 42.6. The first-order valence-corrected chi connectivity index (χ1v) is 49.0. The van der Waals surface area contributed by atoms with E-state index in [9.17, 15) is 40.9 Å². The van der Waals surface area contributed by atoms with Gasteiger partial charge in [0.1, 0.15) is 99.5 Å². The Labute approximate surface area is 783 Å². The van der Waals surface area contributed by atoms with Gasteiger partial charge in [-0.2, -0.15) is 35.3 Å². The van der Waals surface area contributed by atoms with Gasteiger partial charge in [-0.25, -0.2) is 54.8 Å². The molecule has 0 radical (unpaired) electrons. The monoisotopic (exact) mass is 2010 g/mol. The molecular formula is C93H90Br3Cl3N16O9S3. The van der Waals surface area contributed by atoms with Gasteiger partial charge >= 0.3 is 0 Å². The Hall–Kier alpha value is -7.45. The number of benzene rings is 4. The Kier molecular flexibility index (Phi) is 23.9. The number of hydrogen-bond donors (Lipinski definition) is 9. The van der Waals surface area contributed by atoms with Crippen molar-refractivity contribution in [3.05, 3.63) is 251 Å². The number of piperidine rings is 1. The zero-order valence-corrected chi connectivity index (χ0v) is 78.6. The maximum absolute atomic E-state index is 11.2. The van der Waals surface area contributed by atoms with E-state index < -0.39 is 60.7 Å².